The van der Waals surface area contributed by atoms with Crippen molar-refractivity contribution in [3.05, 3.63) is 21.9 Å². The van der Waals surface area contributed by atoms with Crippen molar-refractivity contribution in [1.29, 1.82) is 0 Å². The number of nitrogens with zero attached hydrogens (tertiary/aromatic N) is 2. The summed E-state index contributed by atoms with van der Waals surface area (Å²) in [5.41, 5.74) is 0. The van der Waals surface area contributed by atoms with Crippen LogP contribution >= 0.6 is 11.3 Å². The number of carbonyl (C=O) groups is 1. The van der Waals surface area contributed by atoms with Crippen molar-refractivity contribution in [2.45, 2.75) is 13.1 Å². The predicted octanol–water partition coefficient (Wildman–Crippen LogP) is 0.819. The first kappa shape index (κ1) is 14.0. The van der Waals surface area contributed by atoms with Gasteiger partial charge in [-0.2, -0.15) is 0 Å². The van der Waals surface area contributed by atoms with E-state index in [-0.39, 0.29) is 12.1 Å². The molecule has 1 atom stereocenters. The van der Waals surface area contributed by atoms with E-state index < -0.39 is 0 Å². The number of hydrogen-bond donors (Lipinski definition) is 1. The summed E-state index contributed by atoms with van der Waals surface area (Å²) in [6, 6.07) is 4.24. The van der Waals surface area contributed by atoms with Crippen LogP contribution in [-0.4, -0.2) is 61.6 Å². The van der Waals surface area contributed by atoms with Crippen LogP contribution in [0.3, 0.4) is 0 Å². The Morgan fingerprint density at radius 3 is 2.85 bits per heavy atom. The van der Waals surface area contributed by atoms with Crippen LogP contribution in [0.25, 0.3) is 0 Å². The average molecular weight is 295 g/mol. The number of thiophene rings is 1. The highest BCUT2D eigenvalue weighted by Gasteiger charge is 2.32. The molecule has 5 nitrogen and oxygen atoms in total. The van der Waals surface area contributed by atoms with Crippen LogP contribution in [0.1, 0.15) is 15.9 Å². The molecule has 2 saturated heterocycles. The Hall–Kier alpha value is -0.950. The first-order valence-corrected chi connectivity index (χ1v) is 7.95. The van der Waals surface area contributed by atoms with E-state index >= 15 is 0 Å². The molecule has 110 valence electrons. The molecule has 1 aromatic heterocycles. The Bertz CT molecular complexity index is 471. The lowest BCUT2D eigenvalue weighted by Gasteiger charge is -2.30. The third-order valence-corrected chi connectivity index (χ3v) is 4.92. The van der Waals surface area contributed by atoms with Gasteiger partial charge in [-0.15, -0.1) is 11.3 Å². The maximum atomic E-state index is 12.1. The fourth-order valence-corrected chi connectivity index (χ4v) is 3.69. The summed E-state index contributed by atoms with van der Waals surface area (Å²) in [6.07, 6.45) is 0.0576. The zero-order chi connectivity index (χ0) is 13.9. The highest BCUT2D eigenvalue weighted by molar-refractivity contribution is 7.12. The molecule has 1 aromatic rings. The quantitative estimate of drug-likeness (QED) is 0.893. The fourth-order valence-electron chi connectivity index (χ4n) is 2.72. The molecule has 1 unspecified atom stereocenters. The molecule has 20 heavy (non-hydrogen) atoms. The zero-order valence-corrected chi connectivity index (χ0v) is 12.6. The molecular weight excluding hydrogens is 274 g/mol. The van der Waals surface area contributed by atoms with Crippen LogP contribution in [0.2, 0.25) is 0 Å². The predicted molar refractivity (Wildman–Crippen MR) is 78.8 cm³/mol. The van der Waals surface area contributed by atoms with Crippen molar-refractivity contribution in [2.75, 3.05) is 45.9 Å². The van der Waals surface area contributed by atoms with Gasteiger partial charge in [0.2, 0.25) is 5.91 Å². The first-order valence-electron chi connectivity index (χ1n) is 7.13. The maximum Gasteiger partial charge on any atom is 0.238 e. The molecule has 2 aliphatic rings. The third-order valence-electron chi connectivity index (χ3n) is 3.87. The number of hydrogen-bond acceptors (Lipinski definition) is 5. The van der Waals surface area contributed by atoms with Gasteiger partial charge in [0, 0.05) is 35.9 Å². The Balaban J connectivity index is 1.61. The Labute approximate surface area is 123 Å². The summed E-state index contributed by atoms with van der Waals surface area (Å²) >= 11 is 1.76. The second kappa shape index (κ2) is 6.22. The van der Waals surface area contributed by atoms with Gasteiger partial charge in [0.15, 0.2) is 0 Å². The van der Waals surface area contributed by atoms with E-state index in [4.69, 9.17) is 4.74 Å². The van der Waals surface area contributed by atoms with Gasteiger partial charge in [0.25, 0.3) is 0 Å². The minimum Gasteiger partial charge on any atom is -0.379 e. The highest BCUT2D eigenvalue weighted by atomic mass is 32.1. The molecular formula is C14H21N3O2S. The molecule has 0 aliphatic carbocycles. The van der Waals surface area contributed by atoms with Crippen LogP contribution in [0.4, 0.5) is 0 Å². The highest BCUT2D eigenvalue weighted by Crippen LogP contribution is 2.28. The molecule has 0 spiro atoms. The number of aryl methyl sites for hydroxylation is 1. The summed E-state index contributed by atoms with van der Waals surface area (Å²) in [7, 11) is 0. The number of rotatable bonds is 4. The summed E-state index contributed by atoms with van der Waals surface area (Å²) in [6.45, 7) is 7.81. The minimum absolute atomic E-state index is 0.0576. The lowest BCUT2D eigenvalue weighted by atomic mass is 10.3. The van der Waals surface area contributed by atoms with Gasteiger partial charge >= 0.3 is 0 Å². The van der Waals surface area contributed by atoms with Gasteiger partial charge in [0.05, 0.1) is 19.8 Å². The normalized spacial score (nSPS) is 24.6. The summed E-state index contributed by atoms with van der Waals surface area (Å²) in [5.74, 6) is 0.203. The summed E-state index contributed by atoms with van der Waals surface area (Å²) in [5, 5.41) is 3.32. The molecule has 6 heteroatoms. The first-order chi connectivity index (χ1) is 9.74. The van der Waals surface area contributed by atoms with Gasteiger partial charge in [0.1, 0.15) is 6.17 Å². The molecule has 0 bridgehead atoms. The van der Waals surface area contributed by atoms with Gasteiger partial charge in [-0.1, -0.05) is 0 Å². The molecule has 3 rings (SSSR count). The number of nitrogens with one attached hydrogen (secondary N) is 1. The second-order valence-corrected chi connectivity index (χ2v) is 6.59. The van der Waals surface area contributed by atoms with E-state index in [9.17, 15) is 4.79 Å². The van der Waals surface area contributed by atoms with Crippen LogP contribution in [0, 0.1) is 6.92 Å². The zero-order valence-electron chi connectivity index (χ0n) is 11.8. The van der Waals surface area contributed by atoms with Crippen LogP contribution in [0.15, 0.2) is 12.1 Å². The number of morpholine rings is 1. The van der Waals surface area contributed by atoms with Gasteiger partial charge in [-0.05, 0) is 19.1 Å². The molecule has 3 heterocycles. The lowest BCUT2D eigenvalue weighted by molar-refractivity contribution is -0.128. The van der Waals surface area contributed by atoms with Crippen LogP contribution < -0.4 is 5.32 Å². The van der Waals surface area contributed by atoms with Gasteiger partial charge < -0.3 is 9.64 Å². The largest absolute Gasteiger partial charge is 0.379 e. The molecule has 2 aliphatic heterocycles. The maximum absolute atomic E-state index is 12.1. The molecule has 2 fully saturated rings. The van der Waals surface area contributed by atoms with E-state index in [1.807, 2.05) is 4.90 Å². The van der Waals surface area contributed by atoms with Crippen molar-refractivity contribution in [3.63, 3.8) is 0 Å². The third kappa shape index (κ3) is 3.03. The monoisotopic (exact) mass is 295 g/mol. The summed E-state index contributed by atoms with van der Waals surface area (Å²) in [4.78, 5) is 18.9. The van der Waals surface area contributed by atoms with Crippen molar-refractivity contribution >= 4 is 17.2 Å². The Morgan fingerprint density at radius 2 is 2.15 bits per heavy atom. The van der Waals surface area contributed by atoms with E-state index in [2.05, 4.69) is 29.3 Å². The Kier molecular flexibility index (Phi) is 4.35. The molecule has 1 N–H and O–H groups in total. The van der Waals surface area contributed by atoms with Crippen LogP contribution in [0.5, 0.6) is 0 Å². The topological polar surface area (TPSA) is 44.8 Å². The van der Waals surface area contributed by atoms with E-state index in [1.165, 1.54) is 9.75 Å². The van der Waals surface area contributed by atoms with Gasteiger partial charge in [-0.25, -0.2) is 0 Å². The van der Waals surface area contributed by atoms with Crippen molar-refractivity contribution in [1.82, 2.24) is 15.1 Å². The molecule has 1 amide bonds. The van der Waals surface area contributed by atoms with Crippen molar-refractivity contribution in [2.24, 2.45) is 0 Å². The van der Waals surface area contributed by atoms with Gasteiger partial charge in [-0.3, -0.25) is 15.0 Å². The number of ether oxygens (including phenoxy) is 1. The lowest BCUT2D eigenvalue weighted by Crippen LogP contribution is -2.42. The van der Waals surface area contributed by atoms with E-state index in [1.54, 1.807) is 11.3 Å². The smallest absolute Gasteiger partial charge is 0.238 e. The number of amides is 1. The van der Waals surface area contributed by atoms with Crippen LogP contribution in [-0.2, 0) is 9.53 Å². The Morgan fingerprint density at radius 1 is 1.35 bits per heavy atom. The number of carbonyl (C=O) groups excluding carboxylic acids is 1. The summed E-state index contributed by atoms with van der Waals surface area (Å²) < 4.78 is 5.35. The molecule has 0 saturated carbocycles. The molecule has 0 aromatic carbocycles. The second-order valence-electron chi connectivity index (χ2n) is 5.27. The molecule has 0 radical (unpaired) electrons. The SMILES string of the molecule is Cc1ccc(C2NCC(=O)N2CCN2CCOCC2)s1. The van der Waals surface area contributed by atoms with E-state index in [0.717, 1.165) is 39.4 Å². The van der Waals surface area contributed by atoms with Crippen molar-refractivity contribution in [3.8, 4) is 0 Å². The van der Waals surface area contributed by atoms with Crippen molar-refractivity contribution < 1.29 is 9.53 Å². The fraction of sp³-hybridized carbons (Fsp3) is 0.643. The standard InChI is InChI=1S/C14H21N3O2S/c1-11-2-3-12(20-11)14-15-10-13(18)17(14)5-4-16-6-8-19-9-7-16/h2-3,14-15H,4-10H2,1H3. The average Bonchev–Trinajstić information content (AvgIpc) is 3.04. The van der Waals surface area contributed by atoms with E-state index in [0.29, 0.717) is 6.54 Å². The minimum atomic E-state index is 0.0576.